The first kappa shape index (κ1) is 15.5. The monoisotopic (exact) mass is 281 g/mol. The smallest absolute Gasteiger partial charge is 0.313 e. The van der Waals surface area contributed by atoms with Crippen LogP contribution in [0.5, 0.6) is 0 Å². The lowest BCUT2D eigenvalue weighted by Crippen LogP contribution is -2.10. The molecule has 0 N–H and O–H groups in total. The first-order valence-corrected chi connectivity index (χ1v) is 7.59. The van der Waals surface area contributed by atoms with Gasteiger partial charge in [-0.1, -0.05) is 23.9 Å². The first-order valence-electron chi connectivity index (χ1n) is 5.66. The standard InChI is InChI=1S/C14H19NO3S/c1-15(2)19(4,5)12-8-6-11(7-9-12)13(16)10-14(17)18-3/h6-9H,4-5,10H2,1-3H3. The molecule has 0 fully saturated rings. The summed E-state index contributed by atoms with van der Waals surface area (Å²) in [5.41, 5.74) is 0.489. The lowest BCUT2D eigenvalue weighted by molar-refractivity contribution is -0.139. The Labute approximate surface area is 114 Å². The molecule has 0 saturated carbocycles. The minimum absolute atomic E-state index is 0.240. The Balaban J connectivity index is 2.95. The van der Waals surface area contributed by atoms with Crippen LogP contribution in [0.3, 0.4) is 0 Å². The fourth-order valence-corrected chi connectivity index (χ4v) is 2.47. The maximum atomic E-state index is 11.8. The van der Waals surface area contributed by atoms with Crippen molar-refractivity contribution < 1.29 is 14.3 Å². The highest BCUT2D eigenvalue weighted by Gasteiger charge is 2.12. The lowest BCUT2D eigenvalue weighted by Gasteiger charge is -2.23. The van der Waals surface area contributed by atoms with Crippen molar-refractivity contribution in [3.05, 3.63) is 29.8 Å². The molecule has 104 valence electrons. The van der Waals surface area contributed by atoms with E-state index in [0.29, 0.717) is 5.56 Å². The van der Waals surface area contributed by atoms with E-state index >= 15 is 0 Å². The number of carbonyl (C=O) groups is 2. The van der Waals surface area contributed by atoms with Crippen LogP contribution in [0, 0.1) is 0 Å². The molecule has 0 aliphatic rings. The third-order valence-electron chi connectivity index (χ3n) is 2.85. The predicted molar refractivity (Wildman–Crippen MR) is 81.2 cm³/mol. The third kappa shape index (κ3) is 3.68. The molecule has 1 aromatic carbocycles. The number of benzene rings is 1. The normalized spacial score (nSPS) is 11.4. The van der Waals surface area contributed by atoms with Gasteiger partial charge in [-0.25, -0.2) is 0 Å². The zero-order chi connectivity index (χ0) is 14.6. The minimum Gasteiger partial charge on any atom is -0.469 e. The number of nitrogens with zero attached hydrogens (tertiary/aromatic N) is 1. The van der Waals surface area contributed by atoms with Gasteiger partial charge in [-0.2, -0.15) is 0 Å². The molecule has 0 radical (unpaired) electrons. The Hall–Kier alpha value is -1.59. The number of ether oxygens (including phenoxy) is 1. The molecule has 19 heavy (non-hydrogen) atoms. The summed E-state index contributed by atoms with van der Waals surface area (Å²) in [6, 6.07) is 7.06. The molecule has 0 aromatic heterocycles. The summed E-state index contributed by atoms with van der Waals surface area (Å²) < 4.78 is 6.44. The van der Waals surface area contributed by atoms with Crippen LogP contribution in [0.4, 0.5) is 0 Å². The summed E-state index contributed by atoms with van der Waals surface area (Å²) in [5, 5.41) is 0. The Morgan fingerprint density at radius 2 is 1.74 bits per heavy atom. The topological polar surface area (TPSA) is 46.6 Å². The van der Waals surface area contributed by atoms with Crippen LogP contribution in [-0.2, 0) is 9.53 Å². The Morgan fingerprint density at radius 1 is 1.21 bits per heavy atom. The number of carbonyl (C=O) groups excluding carboxylic acids is 2. The fourth-order valence-electron chi connectivity index (χ4n) is 1.41. The quantitative estimate of drug-likeness (QED) is 0.358. The molecular weight excluding hydrogens is 262 g/mol. The molecule has 0 amide bonds. The number of Topliss-reactive ketones (excluding diaryl/α,β-unsaturated/α-hetero) is 1. The van der Waals surface area contributed by atoms with Crippen molar-refractivity contribution >= 4 is 32.9 Å². The minimum atomic E-state index is -1.52. The number of hydrogen-bond acceptors (Lipinski definition) is 4. The molecule has 5 heteroatoms. The van der Waals surface area contributed by atoms with E-state index in [9.17, 15) is 9.59 Å². The molecule has 0 bridgehead atoms. The van der Waals surface area contributed by atoms with Gasteiger partial charge in [-0.05, 0) is 26.2 Å². The summed E-state index contributed by atoms with van der Waals surface area (Å²) in [7, 11) is 3.59. The second-order valence-electron chi connectivity index (χ2n) is 4.36. The molecule has 0 spiro atoms. The average molecular weight is 281 g/mol. The van der Waals surface area contributed by atoms with Crippen LogP contribution in [0.2, 0.25) is 0 Å². The van der Waals surface area contributed by atoms with Gasteiger partial charge in [0.2, 0.25) is 0 Å². The van der Waals surface area contributed by atoms with Crippen molar-refractivity contribution in [3.63, 3.8) is 0 Å². The van der Waals surface area contributed by atoms with Crippen molar-refractivity contribution in [2.45, 2.75) is 11.3 Å². The van der Waals surface area contributed by atoms with Crippen molar-refractivity contribution in [1.29, 1.82) is 0 Å². The van der Waals surface area contributed by atoms with E-state index in [1.165, 1.54) is 7.11 Å². The Morgan fingerprint density at radius 3 is 2.16 bits per heavy atom. The number of esters is 1. The lowest BCUT2D eigenvalue weighted by atomic mass is 10.1. The molecule has 1 rings (SSSR count). The Bertz CT molecular complexity index is 571. The maximum Gasteiger partial charge on any atom is 0.313 e. The molecule has 1 aromatic rings. The second-order valence-corrected chi connectivity index (χ2v) is 7.24. The van der Waals surface area contributed by atoms with Crippen LogP contribution in [0.1, 0.15) is 16.8 Å². The number of hydrogen-bond donors (Lipinski definition) is 0. The summed E-state index contributed by atoms with van der Waals surface area (Å²) in [4.78, 5) is 23.8. The average Bonchev–Trinajstić information content (AvgIpc) is 2.38. The molecule has 0 aliphatic carbocycles. The summed E-state index contributed by atoms with van der Waals surface area (Å²) >= 11 is 0. The molecular formula is C14H19NO3S. The van der Waals surface area contributed by atoms with E-state index in [1.807, 2.05) is 30.5 Å². The van der Waals surface area contributed by atoms with Crippen molar-refractivity contribution in [2.75, 3.05) is 21.2 Å². The van der Waals surface area contributed by atoms with E-state index in [4.69, 9.17) is 0 Å². The summed E-state index contributed by atoms with van der Waals surface area (Å²) in [6.45, 7) is 0. The van der Waals surface area contributed by atoms with E-state index in [2.05, 4.69) is 16.5 Å². The molecule has 0 atom stereocenters. The van der Waals surface area contributed by atoms with Gasteiger partial charge in [0.05, 0.1) is 7.11 Å². The molecule has 0 aliphatic heterocycles. The van der Waals surface area contributed by atoms with Crippen molar-refractivity contribution in [3.8, 4) is 0 Å². The number of rotatable bonds is 5. The van der Waals surface area contributed by atoms with Crippen LogP contribution in [0.25, 0.3) is 0 Å². The predicted octanol–water partition coefficient (Wildman–Crippen LogP) is 1.94. The molecule has 4 nitrogen and oxygen atoms in total. The fraction of sp³-hybridized carbons (Fsp3) is 0.286. The zero-order valence-electron chi connectivity index (χ0n) is 11.5. The summed E-state index contributed by atoms with van der Waals surface area (Å²) in [5.74, 6) is 7.45. The Kier molecular flexibility index (Phi) is 4.91. The van der Waals surface area contributed by atoms with Gasteiger partial charge >= 0.3 is 5.97 Å². The second kappa shape index (κ2) is 6.04. The van der Waals surface area contributed by atoms with Crippen LogP contribution < -0.4 is 0 Å². The van der Waals surface area contributed by atoms with Crippen LogP contribution in [-0.4, -0.2) is 49.0 Å². The van der Waals surface area contributed by atoms with Gasteiger partial charge < -0.3 is 4.74 Å². The molecule has 0 heterocycles. The molecule has 0 saturated heterocycles. The summed E-state index contributed by atoms with van der Waals surface area (Å²) in [6.07, 6.45) is -0.240. The van der Waals surface area contributed by atoms with Crippen LogP contribution in [0.15, 0.2) is 29.2 Å². The van der Waals surface area contributed by atoms with E-state index < -0.39 is 15.4 Å². The van der Waals surface area contributed by atoms with Crippen LogP contribution >= 0.6 is 9.39 Å². The van der Waals surface area contributed by atoms with E-state index in [-0.39, 0.29) is 12.2 Å². The van der Waals surface area contributed by atoms with Gasteiger partial charge in [0.15, 0.2) is 5.78 Å². The van der Waals surface area contributed by atoms with Crippen molar-refractivity contribution in [2.24, 2.45) is 0 Å². The first-order chi connectivity index (χ1) is 8.78. The van der Waals surface area contributed by atoms with Gasteiger partial charge in [-0.15, -0.1) is 9.39 Å². The number of ketones is 1. The van der Waals surface area contributed by atoms with Gasteiger partial charge in [0.25, 0.3) is 0 Å². The van der Waals surface area contributed by atoms with E-state index in [0.717, 1.165) is 4.90 Å². The number of methoxy groups -OCH3 is 1. The van der Waals surface area contributed by atoms with E-state index in [1.54, 1.807) is 12.1 Å². The highest BCUT2D eigenvalue weighted by Crippen LogP contribution is 2.33. The van der Waals surface area contributed by atoms with Crippen molar-refractivity contribution in [1.82, 2.24) is 4.31 Å². The van der Waals surface area contributed by atoms with Gasteiger partial charge in [-0.3, -0.25) is 13.9 Å². The third-order valence-corrected chi connectivity index (χ3v) is 5.39. The van der Waals surface area contributed by atoms with Gasteiger partial charge in [0.1, 0.15) is 6.42 Å². The SMILES string of the molecule is C=S(=C)(c1ccc(C(=O)CC(=O)OC)cc1)N(C)C. The highest BCUT2D eigenvalue weighted by atomic mass is 32.2. The highest BCUT2D eigenvalue weighted by molar-refractivity contribution is 8.25. The maximum absolute atomic E-state index is 11.8. The zero-order valence-corrected chi connectivity index (χ0v) is 12.3. The molecule has 0 unspecified atom stereocenters. The van der Waals surface area contributed by atoms with Gasteiger partial charge in [0, 0.05) is 10.5 Å². The largest absolute Gasteiger partial charge is 0.469 e.